The van der Waals surface area contributed by atoms with Crippen LogP contribution in [0, 0.1) is 0 Å². The minimum atomic E-state index is 0.288. The van der Waals surface area contributed by atoms with Crippen molar-refractivity contribution in [3.8, 4) is 5.75 Å². The Labute approximate surface area is 117 Å². The van der Waals surface area contributed by atoms with Gasteiger partial charge >= 0.3 is 0 Å². The van der Waals surface area contributed by atoms with E-state index in [-0.39, 0.29) is 6.10 Å². The summed E-state index contributed by atoms with van der Waals surface area (Å²) in [6.45, 7) is 6.71. The van der Waals surface area contributed by atoms with Crippen LogP contribution < -0.4 is 4.74 Å². The van der Waals surface area contributed by atoms with E-state index in [0.717, 1.165) is 12.2 Å². The van der Waals surface area contributed by atoms with E-state index in [1.807, 2.05) is 0 Å². The molecule has 1 aromatic rings. The molecule has 0 N–H and O–H groups in total. The summed E-state index contributed by atoms with van der Waals surface area (Å²) >= 11 is 0. The fourth-order valence-corrected chi connectivity index (χ4v) is 2.78. The lowest BCUT2D eigenvalue weighted by Gasteiger charge is -2.28. The average Bonchev–Trinajstić information content (AvgIpc) is 2.44. The van der Waals surface area contributed by atoms with Crippen LogP contribution in [0.4, 0.5) is 0 Å². The SMILES string of the molecule is CCCCCCCC1Oc2ccccc2C(C)=C1C. The number of allylic oxidation sites excluding steroid dienone is 1. The lowest BCUT2D eigenvalue weighted by atomic mass is 9.92. The zero-order valence-corrected chi connectivity index (χ0v) is 12.5. The molecule has 0 aliphatic carbocycles. The van der Waals surface area contributed by atoms with Crippen LogP contribution in [-0.2, 0) is 0 Å². The molecule has 0 spiro atoms. The molecule has 1 nitrogen and oxygen atoms in total. The number of hydrogen-bond acceptors (Lipinski definition) is 1. The van der Waals surface area contributed by atoms with E-state index >= 15 is 0 Å². The second-order valence-corrected chi connectivity index (χ2v) is 5.61. The maximum Gasteiger partial charge on any atom is 0.127 e. The fraction of sp³-hybridized carbons (Fsp3) is 0.556. The number of rotatable bonds is 6. The van der Waals surface area contributed by atoms with E-state index in [1.54, 1.807) is 0 Å². The summed E-state index contributed by atoms with van der Waals surface area (Å²) in [5, 5.41) is 0. The smallest absolute Gasteiger partial charge is 0.127 e. The minimum Gasteiger partial charge on any atom is -0.485 e. The van der Waals surface area contributed by atoms with Crippen LogP contribution in [0.2, 0.25) is 0 Å². The molecule has 0 saturated carbocycles. The van der Waals surface area contributed by atoms with Gasteiger partial charge in [-0.05, 0) is 43.9 Å². The molecule has 104 valence electrons. The van der Waals surface area contributed by atoms with Crippen molar-refractivity contribution in [3.05, 3.63) is 35.4 Å². The van der Waals surface area contributed by atoms with E-state index < -0.39 is 0 Å². The third kappa shape index (κ3) is 3.40. The van der Waals surface area contributed by atoms with Gasteiger partial charge < -0.3 is 4.74 Å². The summed E-state index contributed by atoms with van der Waals surface area (Å²) in [6, 6.07) is 8.40. The Hall–Kier alpha value is -1.24. The monoisotopic (exact) mass is 258 g/mol. The van der Waals surface area contributed by atoms with Crippen molar-refractivity contribution >= 4 is 5.57 Å². The topological polar surface area (TPSA) is 9.23 Å². The van der Waals surface area contributed by atoms with Crippen LogP contribution in [0.1, 0.15) is 64.9 Å². The quantitative estimate of drug-likeness (QED) is 0.603. The van der Waals surface area contributed by atoms with Crippen molar-refractivity contribution in [2.75, 3.05) is 0 Å². The van der Waals surface area contributed by atoms with E-state index in [0.29, 0.717) is 0 Å². The Kier molecular flexibility index (Phi) is 5.07. The summed E-state index contributed by atoms with van der Waals surface area (Å²) in [6.07, 6.45) is 8.09. The molecule has 1 aliphatic heterocycles. The van der Waals surface area contributed by atoms with Crippen molar-refractivity contribution in [1.29, 1.82) is 0 Å². The Morgan fingerprint density at radius 2 is 1.74 bits per heavy atom. The normalized spacial score (nSPS) is 18.2. The van der Waals surface area contributed by atoms with Crippen molar-refractivity contribution in [2.45, 2.75) is 65.4 Å². The molecule has 1 heterocycles. The van der Waals surface area contributed by atoms with Crippen molar-refractivity contribution < 1.29 is 4.74 Å². The highest BCUT2D eigenvalue weighted by atomic mass is 16.5. The van der Waals surface area contributed by atoms with Gasteiger partial charge in [0.25, 0.3) is 0 Å². The number of hydrogen-bond donors (Lipinski definition) is 0. The molecule has 0 saturated heterocycles. The van der Waals surface area contributed by atoms with Crippen LogP contribution in [0.25, 0.3) is 5.57 Å². The maximum atomic E-state index is 6.16. The van der Waals surface area contributed by atoms with Gasteiger partial charge in [-0.25, -0.2) is 0 Å². The van der Waals surface area contributed by atoms with Gasteiger partial charge in [-0.15, -0.1) is 0 Å². The molecule has 1 heteroatoms. The second kappa shape index (κ2) is 6.79. The van der Waals surface area contributed by atoms with Crippen LogP contribution in [0.3, 0.4) is 0 Å². The Balaban J connectivity index is 1.96. The molecule has 0 fully saturated rings. The highest BCUT2D eigenvalue weighted by molar-refractivity contribution is 5.73. The molecule has 1 unspecified atom stereocenters. The third-order valence-electron chi connectivity index (χ3n) is 4.20. The predicted molar refractivity (Wildman–Crippen MR) is 82.5 cm³/mol. The molecule has 0 radical (unpaired) electrons. The lowest BCUT2D eigenvalue weighted by Crippen LogP contribution is -2.23. The molecule has 2 rings (SSSR count). The first-order chi connectivity index (χ1) is 9.24. The second-order valence-electron chi connectivity index (χ2n) is 5.61. The molecule has 1 aliphatic rings. The molecular formula is C18H26O. The van der Waals surface area contributed by atoms with Crippen molar-refractivity contribution in [3.63, 3.8) is 0 Å². The zero-order valence-electron chi connectivity index (χ0n) is 12.5. The lowest BCUT2D eigenvalue weighted by molar-refractivity contribution is 0.216. The predicted octanol–water partition coefficient (Wildman–Crippen LogP) is 5.60. The maximum absolute atomic E-state index is 6.16. The highest BCUT2D eigenvalue weighted by Gasteiger charge is 2.22. The third-order valence-corrected chi connectivity index (χ3v) is 4.20. The van der Waals surface area contributed by atoms with Gasteiger partial charge in [-0.3, -0.25) is 0 Å². The summed E-state index contributed by atoms with van der Waals surface area (Å²) in [4.78, 5) is 0. The van der Waals surface area contributed by atoms with Crippen LogP contribution in [0.5, 0.6) is 5.75 Å². The molecule has 0 bridgehead atoms. The first kappa shape index (κ1) is 14.2. The van der Waals surface area contributed by atoms with E-state index in [2.05, 4.69) is 45.0 Å². The summed E-state index contributed by atoms with van der Waals surface area (Å²) in [5.74, 6) is 1.06. The summed E-state index contributed by atoms with van der Waals surface area (Å²) < 4.78 is 6.16. The standard InChI is InChI=1S/C18H26O/c1-4-5-6-7-8-12-17-15(3)14(2)16-11-9-10-13-18(16)19-17/h9-11,13,17H,4-8,12H2,1-3H3. The van der Waals surface area contributed by atoms with Crippen LogP contribution >= 0.6 is 0 Å². The van der Waals surface area contributed by atoms with E-state index in [4.69, 9.17) is 4.74 Å². The zero-order chi connectivity index (χ0) is 13.7. The van der Waals surface area contributed by atoms with Gasteiger partial charge in [0.15, 0.2) is 0 Å². The highest BCUT2D eigenvalue weighted by Crippen LogP contribution is 2.36. The van der Waals surface area contributed by atoms with Gasteiger partial charge in [0, 0.05) is 5.56 Å². The number of benzene rings is 1. The van der Waals surface area contributed by atoms with Gasteiger partial charge in [0.05, 0.1) is 0 Å². The average molecular weight is 258 g/mol. The molecule has 0 aromatic heterocycles. The first-order valence-electron chi connectivity index (χ1n) is 7.67. The number of para-hydroxylation sites is 1. The van der Waals surface area contributed by atoms with Crippen molar-refractivity contribution in [2.24, 2.45) is 0 Å². The first-order valence-corrected chi connectivity index (χ1v) is 7.67. The molecule has 19 heavy (non-hydrogen) atoms. The van der Waals surface area contributed by atoms with Gasteiger partial charge in [-0.1, -0.05) is 50.8 Å². The van der Waals surface area contributed by atoms with Crippen LogP contribution in [0.15, 0.2) is 29.8 Å². The molecular weight excluding hydrogens is 232 g/mol. The van der Waals surface area contributed by atoms with Gasteiger partial charge in [-0.2, -0.15) is 0 Å². The summed E-state index contributed by atoms with van der Waals surface area (Å²) in [5.41, 5.74) is 4.08. The van der Waals surface area contributed by atoms with Gasteiger partial charge in [0.1, 0.15) is 11.9 Å². The van der Waals surface area contributed by atoms with Crippen LogP contribution in [-0.4, -0.2) is 6.10 Å². The Bertz CT molecular complexity index is 445. The number of unbranched alkanes of at least 4 members (excludes halogenated alkanes) is 4. The van der Waals surface area contributed by atoms with E-state index in [1.165, 1.54) is 48.8 Å². The number of ether oxygens (including phenoxy) is 1. The fourth-order valence-electron chi connectivity index (χ4n) is 2.78. The molecule has 1 aromatic carbocycles. The number of fused-ring (bicyclic) bond motifs is 1. The molecule has 0 amide bonds. The molecule has 1 atom stereocenters. The van der Waals surface area contributed by atoms with Gasteiger partial charge in [0.2, 0.25) is 0 Å². The largest absolute Gasteiger partial charge is 0.485 e. The summed E-state index contributed by atoms with van der Waals surface area (Å²) in [7, 11) is 0. The van der Waals surface area contributed by atoms with Crippen molar-refractivity contribution in [1.82, 2.24) is 0 Å². The Morgan fingerprint density at radius 3 is 2.53 bits per heavy atom. The van der Waals surface area contributed by atoms with E-state index in [9.17, 15) is 0 Å². The minimum absolute atomic E-state index is 0.288. The Morgan fingerprint density at radius 1 is 1.00 bits per heavy atom.